The fraction of sp³-hybridized carbons (Fsp3) is 0.556. The van der Waals surface area contributed by atoms with Gasteiger partial charge in [-0.3, -0.25) is 9.80 Å². The van der Waals surface area contributed by atoms with Crippen LogP contribution in [-0.4, -0.2) is 53.7 Å². The Kier molecular flexibility index (Phi) is 6.43. The van der Waals surface area contributed by atoms with E-state index >= 15 is 0 Å². The highest BCUT2D eigenvalue weighted by Gasteiger charge is 2.16. The van der Waals surface area contributed by atoms with E-state index in [1.54, 1.807) is 0 Å². The van der Waals surface area contributed by atoms with Crippen molar-refractivity contribution in [2.45, 2.75) is 33.1 Å². The van der Waals surface area contributed by atoms with E-state index < -0.39 is 0 Å². The van der Waals surface area contributed by atoms with Gasteiger partial charge in [-0.25, -0.2) is 0 Å². The number of benzene rings is 1. The van der Waals surface area contributed by atoms with Gasteiger partial charge >= 0.3 is 0 Å². The lowest BCUT2D eigenvalue weighted by Crippen LogP contribution is -2.45. The Hall–Kier alpha value is -1.36. The van der Waals surface area contributed by atoms with Gasteiger partial charge in [-0.05, 0) is 31.5 Å². The number of aliphatic hydroxyl groups is 1. The number of piperazine rings is 1. The Morgan fingerprint density at radius 1 is 1.23 bits per heavy atom. The molecule has 0 spiro atoms. The lowest BCUT2D eigenvalue weighted by atomic mass is 10.1. The summed E-state index contributed by atoms with van der Waals surface area (Å²) in [5, 5.41) is 9.55. The Morgan fingerprint density at radius 3 is 2.50 bits per heavy atom. The molecule has 4 heteroatoms. The minimum Gasteiger partial charge on any atom is -0.491 e. The molecule has 0 radical (unpaired) electrons. The van der Waals surface area contributed by atoms with E-state index in [1.165, 1.54) is 5.56 Å². The summed E-state index contributed by atoms with van der Waals surface area (Å²) in [6, 6.07) is 6.15. The van der Waals surface area contributed by atoms with Crippen molar-refractivity contribution in [3.8, 4) is 5.75 Å². The molecular weight excluding hydrogens is 276 g/mol. The summed E-state index contributed by atoms with van der Waals surface area (Å²) in [5.41, 5.74) is 2.11. The van der Waals surface area contributed by atoms with E-state index in [4.69, 9.17) is 4.74 Å². The number of aliphatic hydroxyl groups excluding tert-OH is 1. The molecule has 122 valence electrons. The molecule has 0 bridgehead atoms. The molecule has 4 nitrogen and oxygen atoms in total. The summed E-state index contributed by atoms with van der Waals surface area (Å²) < 4.78 is 5.73. The first-order valence-electron chi connectivity index (χ1n) is 8.07. The quantitative estimate of drug-likeness (QED) is 0.784. The second-order valence-electron chi connectivity index (χ2n) is 6.13. The largest absolute Gasteiger partial charge is 0.491 e. The lowest BCUT2D eigenvalue weighted by molar-refractivity contribution is 0.137. The summed E-state index contributed by atoms with van der Waals surface area (Å²) >= 11 is 0. The van der Waals surface area contributed by atoms with Gasteiger partial charge in [0.1, 0.15) is 5.75 Å². The molecule has 1 aromatic rings. The lowest BCUT2D eigenvalue weighted by Gasteiger charge is -2.34. The van der Waals surface area contributed by atoms with Crippen LogP contribution in [0.5, 0.6) is 5.75 Å². The van der Waals surface area contributed by atoms with Crippen molar-refractivity contribution >= 4 is 0 Å². The first-order valence-corrected chi connectivity index (χ1v) is 8.07. The molecule has 1 N–H and O–H groups in total. The molecule has 0 aliphatic carbocycles. The van der Waals surface area contributed by atoms with Gasteiger partial charge < -0.3 is 9.84 Å². The molecule has 0 unspecified atom stereocenters. The molecule has 1 aromatic carbocycles. The van der Waals surface area contributed by atoms with Crippen LogP contribution in [0, 0.1) is 0 Å². The van der Waals surface area contributed by atoms with Crippen molar-refractivity contribution in [1.29, 1.82) is 0 Å². The average molecular weight is 304 g/mol. The van der Waals surface area contributed by atoms with E-state index in [9.17, 15) is 5.11 Å². The van der Waals surface area contributed by atoms with Crippen LogP contribution in [0.4, 0.5) is 0 Å². The normalized spacial score (nSPS) is 16.9. The Morgan fingerprint density at radius 2 is 1.91 bits per heavy atom. The van der Waals surface area contributed by atoms with Crippen LogP contribution in [0.3, 0.4) is 0 Å². The molecule has 22 heavy (non-hydrogen) atoms. The van der Waals surface area contributed by atoms with Crippen molar-refractivity contribution in [2.24, 2.45) is 0 Å². The molecule has 0 saturated carbocycles. The van der Waals surface area contributed by atoms with E-state index in [1.807, 2.05) is 26.0 Å². The van der Waals surface area contributed by atoms with Gasteiger partial charge in [0, 0.05) is 44.8 Å². The number of nitrogens with zero attached hydrogens (tertiary/aromatic N) is 2. The summed E-state index contributed by atoms with van der Waals surface area (Å²) in [4.78, 5) is 4.88. The zero-order chi connectivity index (χ0) is 15.9. The predicted molar refractivity (Wildman–Crippen MR) is 90.0 cm³/mol. The van der Waals surface area contributed by atoms with Crippen molar-refractivity contribution in [3.63, 3.8) is 0 Å². The van der Waals surface area contributed by atoms with Crippen LogP contribution >= 0.6 is 0 Å². The maximum Gasteiger partial charge on any atom is 0.125 e. The van der Waals surface area contributed by atoms with E-state index in [0.29, 0.717) is 0 Å². The number of rotatable bonds is 7. The van der Waals surface area contributed by atoms with Gasteiger partial charge in [0.2, 0.25) is 0 Å². The first-order chi connectivity index (χ1) is 10.6. The highest BCUT2D eigenvalue weighted by molar-refractivity contribution is 5.37. The van der Waals surface area contributed by atoms with Crippen molar-refractivity contribution in [2.75, 3.05) is 32.7 Å². The molecule has 2 rings (SSSR count). The van der Waals surface area contributed by atoms with Gasteiger partial charge in [0.05, 0.1) is 12.7 Å². The maximum absolute atomic E-state index is 9.55. The zero-order valence-electron chi connectivity index (χ0n) is 13.8. The SMILES string of the molecule is C=CCN1CCN(Cc2ccc(OC(C)C)c(CO)c2)CC1. The maximum atomic E-state index is 9.55. The summed E-state index contributed by atoms with van der Waals surface area (Å²) in [6.45, 7) is 14.0. The van der Waals surface area contributed by atoms with Gasteiger partial charge in [-0.15, -0.1) is 6.58 Å². The van der Waals surface area contributed by atoms with Crippen molar-refractivity contribution in [1.82, 2.24) is 9.80 Å². The van der Waals surface area contributed by atoms with Gasteiger partial charge in [-0.2, -0.15) is 0 Å². The zero-order valence-corrected chi connectivity index (χ0v) is 13.8. The molecule has 1 aliphatic rings. The molecule has 0 aromatic heterocycles. The third kappa shape index (κ3) is 4.83. The second kappa shape index (κ2) is 8.32. The van der Waals surface area contributed by atoms with E-state index in [0.717, 1.165) is 50.6 Å². The Labute approximate surface area is 134 Å². The molecular formula is C18H28N2O2. The van der Waals surface area contributed by atoms with Crippen LogP contribution in [0.15, 0.2) is 30.9 Å². The highest BCUT2D eigenvalue weighted by Crippen LogP contribution is 2.22. The standard InChI is InChI=1S/C18H28N2O2/c1-4-7-19-8-10-20(11-9-19)13-16-5-6-18(22-15(2)3)17(12-16)14-21/h4-6,12,15,21H,1,7-11,13-14H2,2-3H3. The minimum atomic E-state index is 0.0169. The van der Waals surface area contributed by atoms with Crippen LogP contribution < -0.4 is 4.74 Å². The Bertz CT molecular complexity index is 480. The molecule has 0 atom stereocenters. The van der Waals surface area contributed by atoms with Crippen LogP contribution in [-0.2, 0) is 13.2 Å². The van der Waals surface area contributed by atoms with Gasteiger partial charge in [0.15, 0.2) is 0 Å². The third-order valence-corrected chi connectivity index (χ3v) is 3.92. The van der Waals surface area contributed by atoms with Gasteiger partial charge in [-0.1, -0.05) is 12.1 Å². The fourth-order valence-electron chi connectivity index (χ4n) is 2.79. The van der Waals surface area contributed by atoms with E-state index in [2.05, 4.69) is 28.5 Å². The first kappa shape index (κ1) is 17.0. The summed E-state index contributed by atoms with van der Waals surface area (Å²) in [5.74, 6) is 0.789. The third-order valence-electron chi connectivity index (χ3n) is 3.92. The molecule has 1 fully saturated rings. The molecule has 1 saturated heterocycles. The average Bonchev–Trinajstić information content (AvgIpc) is 2.50. The van der Waals surface area contributed by atoms with Crippen molar-refractivity contribution < 1.29 is 9.84 Å². The number of hydrogen-bond acceptors (Lipinski definition) is 4. The topological polar surface area (TPSA) is 35.9 Å². The Balaban J connectivity index is 1.94. The minimum absolute atomic E-state index is 0.0169. The second-order valence-corrected chi connectivity index (χ2v) is 6.13. The van der Waals surface area contributed by atoms with E-state index in [-0.39, 0.29) is 12.7 Å². The molecule has 0 amide bonds. The summed E-state index contributed by atoms with van der Waals surface area (Å²) in [6.07, 6.45) is 2.09. The van der Waals surface area contributed by atoms with Crippen LogP contribution in [0.25, 0.3) is 0 Å². The number of ether oxygens (including phenoxy) is 1. The predicted octanol–water partition coefficient (Wildman–Crippen LogP) is 2.27. The monoisotopic (exact) mass is 304 g/mol. The fourth-order valence-corrected chi connectivity index (χ4v) is 2.79. The van der Waals surface area contributed by atoms with Crippen LogP contribution in [0.1, 0.15) is 25.0 Å². The van der Waals surface area contributed by atoms with Crippen molar-refractivity contribution in [3.05, 3.63) is 42.0 Å². The smallest absolute Gasteiger partial charge is 0.125 e. The summed E-state index contributed by atoms with van der Waals surface area (Å²) in [7, 11) is 0. The van der Waals surface area contributed by atoms with Gasteiger partial charge in [0.25, 0.3) is 0 Å². The highest BCUT2D eigenvalue weighted by atomic mass is 16.5. The van der Waals surface area contributed by atoms with Crippen LogP contribution in [0.2, 0.25) is 0 Å². The number of hydrogen-bond donors (Lipinski definition) is 1. The molecule has 1 aliphatic heterocycles. The molecule has 1 heterocycles.